The van der Waals surface area contributed by atoms with E-state index in [4.69, 9.17) is 9.72 Å². The summed E-state index contributed by atoms with van der Waals surface area (Å²) in [5.74, 6) is 0.105. The molecule has 0 radical (unpaired) electrons. The zero-order valence-electron chi connectivity index (χ0n) is 24.3. The molecule has 0 aliphatic carbocycles. The topological polar surface area (TPSA) is 98.8 Å². The van der Waals surface area contributed by atoms with Gasteiger partial charge in [-0.25, -0.2) is 4.39 Å². The van der Waals surface area contributed by atoms with E-state index in [9.17, 15) is 4.39 Å². The van der Waals surface area contributed by atoms with Gasteiger partial charge in [0.25, 0.3) is 0 Å². The number of likely N-dealkylation sites (N-methyl/N-ethyl adjacent to an activating group) is 1. The van der Waals surface area contributed by atoms with E-state index in [-0.39, 0.29) is 5.82 Å². The van der Waals surface area contributed by atoms with Gasteiger partial charge in [0.05, 0.1) is 28.8 Å². The van der Waals surface area contributed by atoms with Crippen LogP contribution in [-0.4, -0.2) is 80.3 Å². The van der Waals surface area contributed by atoms with Crippen molar-refractivity contribution in [2.24, 2.45) is 0 Å². The quantitative estimate of drug-likeness (QED) is 0.221. The number of H-pyrrole nitrogens is 2. The lowest BCUT2D eigenvalue weighted by molar-refractivity contribution is 0.260. The molecule has 10 heteroatoms. The van der Waals surface area contributed by atoms with E-state index in [0.29, 0.717) is 23.6 Å². The standard InChI is InChI=1S/C33H33FN8O/c1-41(2)9-10-43-25-13-22(12-24(34)14-25)32-26-16-30(38-28(26)5-6-36-32)33-27-15-29(37-19-31(27)39-40-33)23-11-21(17-35-18-23)20-42-7-3-4-8-42/h5-6,11-19,38H,3-4,7-10,20H2,1-2H3,(H,39,40). The van der Waals surface area contributed by atoms with Crippen LogP contribution >= 0.6 is 0 Å². The molecule has 0 unspecified atom stereocenters. The SMILES string of the molecule is CN(C)CCOc1cc(F)cc(-c2nccc3[nH]c(-c4n[nH]c5cnc(-c6cncc(CN7CCCC7)c6)cc45)cc23)c1. The predicted octanol–water partition coefficient (Wildman–Crippen LogP) is 5.91. The number of ether oxygens (including phenoxy) is 1. The number of hydrogen-bond donors (Lipinski definition) is 2. The fourth-order valence-corrected chi connectivity index (χ4v) is 5.73. The molecule has 0 spiro atoms. The van der Waals surface area contributed by atoms with Gasteiger partial charge in [0.2, 0.25) is 0 Å². The average Bonchev–Trinajstić information content (AvgIpc) is 3.76. The number of aromatic nitrogens is 6. The van der Waals surface area contributed by atoms with Crippen molar-refractivity contribution in [3.63, 3.8) is 0 Å². The second kappa shape index (κ2) is 11.5. The Morgan fingerprint density at radius 2 is 1.77 bits per heavy atom. The first-order valence-electron chi connectivity index (χ1n) is 14.6. The van der Waals surface area contributed by atoms with E-state index >= 15 is 0 Å². The molecule has 9 nitrogen and oxygen atoms in total. The molecule has 1 aliphatic heterocycles. The minimum atomic E-state index is -0.371. The van der Waals surface area contributed by atoms with Gasteiger partial charge in [0.1, 0.15) is 23.9 Å². The van der Waals surface area contributed by atoms with Gasteiger partial charge in [0.15, 0.2) is 0 Å². The maximum atomic E-state index is 14.7. The summed E-state index contributed by atoms with van der Waals surface area (Å²) in [4.78, 5) is 21.8. The Bertz CT molecular complexity index is 1910. The van der Waals surface area contributed by atoms with Crippen LogP contribution in [0, 0.1) is 5.82 Å². The molecule has 1 saturated heterocycles. The van der Waals surface area contributed by atoms with Crippen LogP contribution in [0.4, 0.5) is 4.39 Å². The Balaban J connectivity index is 1.22. The smallest absolute Gasteiger partial charge is 0.127 e. The van der Waals surface area contributed by atoms with E-state index in [1.165, 1.54) is 30.5 Å². The molecular formula is C33H33FN8O. The second-order valence-electron chi connectivity index (χ2n) is 11.4. The van der Waals surface area contributed by atoms with Crippen LogP contribution in [0.25, 0.3) is 55.7 Å². The number of rotatable bonds is 9. The number of fused-ring (bicyclic) bond motifs is 2. The Hall–Kier alpha value is -4.67. The number of pyridine rings is 3. The van der Waals surface area contributed by atoms with Crippen molar-refractivity contribution >= 4 is 21.8 Å². The Morgan fingerprint density at radius 1 is 0.907 bits per heavy atom. The summed E-state index contributed by atoms with van der Waals surface area (Å²) in [5, 5.41) is 9.57. The van der Waals surface area contributed by atoms with E-state index in [0.717, 1.165) is 70.6 Å². The molecule has 2 N–H and O–H groups in total. The van der Waals surface area contributed by atoms with E-state index in [2.05, 4.69) is 42.2 Å². The summed E-state index contributed by atoms with van der Waals surface area (Å²) >= 11 is 0. The van der Waals surface area contributed by atoms with E-state index in [1.807, 2.05) is 55.8 Å². The third kappa shape index (κ3) is 5.71. The summed E-state index contributed by atoms with van der Waals surface area (Å²) < 4.78 is 20.5. The monoisotopic (exact) mass is 576 g/mol. The van der Waals surface area contributed by atoms with Gasteiger partial charge in [-0.1, -0.05) is 0 Å². The van der Waals surface area contributed by atoms with Crippen molar-refractivity contribution in [3.05, 3.63) is 78.6 Å². The summed E-state index contributed by atoms with van der Waals surface area (Å²) in [6, 6.07) is 12.9. The Kier molecular flexibility index (Phi) is 7.30. The number of aromatic amines is 2. The van der Waals surface area contributed by atoms with Gasteiger partial charge < -0.3 is 14.6 Å². The minimum Gasteiger partial charge on any atom is -0.492 e. The molecule has 0 atom stereocenters. The molecule has 1 aliphatic rings. The zero-order valence-corrected chi connectivity index (χ0v) is 24.3. The summed E-state index contributed by atoms with van der Waals surface area (Å²) in [6.07, 6.45) is 9.86. The van der Waals surface area contributed by atoms with Gasteiger partial charge in [-0.3, -0.25) is 25.0 Å². The maximum Gasteiger partial charge on any atom is 0.127 e. The molecule has 5 aromatic heterocycles. The number of benzene rings is 1. The van der Waals surface area contributed by atoms with Gasteiger partial charge in [-0.15, -0.1) is 0 Å². The zero-order chi connectivity index (χ0) is 29.3. The molecule has 1 aromatic carbocycles. The van der Waals surface area contributed by atoms with Gasteiger partial charge >= 0.3 is 0 Å². The Labute approximate surface area is 248 Å². The normalized spacial score (nSPS) is 14.0. The molecule has 6 heterocycles. The molecule has 218 valence electrons. The highest BCUT2D eigenvalue weighted by molar-refractivity contribution is 6.00. The highest BCUT2D eigenvalue weighted by atomic mass is 19.1. The van der Waals surface area contributed by atoms with Crippen molar-refractivity contribution in [1.29, 1.82) is 0 Å². The molecule has 0 saturated carbocycles. The highest BCUT2D eigenvalue weighted by Gasteiger charge is 2.17. The van der Waals surface area contributed by atoms with Crippen molar-refractivity contribution < 1.29 is 9.13 Å². The van der Waals surface area contributed by atoms with Crippen LogP contribution in [-0.2, 0) is 6.54 Å². The maximum absolute atomic E-state index is 14.7. The van der Waals surface area contributed by atoms with Gasteiger partial charge in [-0.2, -0.15) is 5.10 Å². The van der Waals surface area contributed by atoms with Gasteiger partial charge in [0, 0.05) is 65.2 Å². The van der Waals surface area contributed by atoms with Crippen LogP contribution in [0.2, 0.25) is 0 Å². The van der Waals surface area contributed by atoms with Crippen LogP contribution < -0.4 is 4.74 Å². The third-order valence-corrected chi connectivity index (χ3v) is 7.90. The van der Waals surface area contributed by atoms with Crippen molar-refractivity contribution in [3.8, 4) is 39.7 Å². The first kappa shape index (κ1) is 27.2. The number of nitrogens with zero attached hydrogens (tertiary/aromatic N) is 6. The third-order valence-electron chi connectivity index (χ3n) is 7.90. The largest absolute Gasteiger partial charge is 0.492 e. The lowest BCUT2D eigenvalue weighted by Crippen LogP contribution is -2.19. The summed E-state index contributed by atoms with van der Waals surface area (Å²) in [5.41, 5.74) is 7.63. The van der Waals surface area contributed by atoms with Crippen molar-refractivity contribution in [1.82, 2.24) is 39.9 Å². The second-order valence-corrected chi connectivity index (χ2v) is 11.4. The number of halogens is 1. The van der Waals surface area contributed by atoms with Crippen LogP contribution in [0.15, 0.2) is 67.3 Å². The molecular weight excluding hydrogens is 543 g/mol. The number of hydrogen-bond acceptors (Lipinski definition) is 7. The van der Waals surface area contributed by atoms with Crippen LogP contribution in [0.1, 0.15) is 18.4 Å². The summed E-state index contributed by atoms with van der Waals surface area (Å²) in [6.45, 7) is 4.37. The molecule has 1 fully saturated rings. The molecule has 0 amide bonds. The van der Waals surface area contributed by atoms with Crippen molar-refractivity contribution in [2.45, 2.75) is 19.4 Å². The molecule has 6 aromatic rings. The Morgan fingerprint density at radius 3 is 2.63 bits per heavy atom. The molecule has 0 bridgehead atoms. The van der Waals surface area contributed by atoms with Crippen LogP contribution in [0.5, 0.6) is 5.75 Å². The average molecular weight is 577 g/mol. The van der Waals surface area contributed by atoms with E-state index < -0.39 is 0 Å². The fraction of sp³-hybridized carbons (Fsp3) is 0.273. The number of nitrogens with one attached hydrogen (secondary N) is 2. The lowest BCUT2D eigenvalue weighted by atomic mass is 10.1. The summed E-state index contributed by atoms with van der Waals surface area (Å²) in [7, 11) is 3.94. The van der Waals surface area contributed by atoms with Crippen molar-refractivity contribution in [2.75, 3.05) is 40.3 Å². The number of likely N-dealkylation sites (tertiary alicyclic amines) is 1. The molecule has 7 rings (SSSR count). The molecule has 43 heavy (non-hydrogen) atoms. The minimum absolute atomic E-state index is 0.371. The first-order chi connectivity index (χ1) is 21.0. The first-order valence-corrected chi connectivity index (χ1v) is 14.6. The van der Waals surface area contributed by atoms with Gasteiger partial charge in [-0.05, 0) is 82.0 Å². The van der Waals surface area contributed by atoms with E-state index in [1.54, 1.807) is 6.20 Å². The lowest BCUT2D eigenvalue weighted by Gasteiger charge is -2.14. The van der Waals surface area contributed by atoms with Crippen LogP contribution in [0.3, 0.4) is 0 Å². The fourth-order valence-electron chi connectivity index (χ4n) is 5.73. The predicted molar refractivity (Wildman–Crippen MR) is 166 cm³/mol. The highest BCUT2D eigenvalue weighted by Crippen LogP contribution is 2.35.